The van der Waals surface area contributed by atoms with E-state index in [-0.39, 0.29) is 0 Å². The third-order valence-electron chi connectivity index (χ3n) is 5.57. The summed E-state index contributed by atoms with van der Waals surface area (Å²) in [7, 11) is 0. The van der Waals surface area contributed by atoms with Gasteiger partial charge in [0.05, 0.1) is 0 Å². The summed E-state index contributed by atoms with van der Waals surface area (Å²) in [5.74, 6) is 2.15. The van der Waals surface area contributed by atoms with Gasteiger partial charge in [-0.05, 0) is 38.0 Å². The zero-order valence-corrected chi connectivity index (χ0v) is 15.6. The molecule has 2 unspecified atom stereocenters. The summed E-state index contributed by atoms with van der Waals surface area (Å²) >= 11 is 0. The summed E-state index contributed by atoms with van der Waals surface area (Å²) in [6, 6.07) is 0. The van der Waals surface area contributed by atoms with Crippen LogP contribution in [0.5, 0.6) is 0 Å². The molecular weight excluding hydrogens is 276 g/mol. The van der Waals surface area contributed by atoms with Gasteiger partial charge >= 0.3 is 0 Å². The first kappa shape index (κ1) is 18.3. The molecule has 0 aromatic carbocycles. The van der Waals surface area contributed by atoms with Gasteiger partial charge in [-0.1, -0.05) is 94.1 Å². The van der Waals surface area contributed by atoms with Gasteiger partial charge < -0.3 is 0 Å². The van der Waals surface area contributed by atoms with E-state index in [9.17, 15) is 0 Å². The summed E-state index contributed by atoms with van der Waals surface area (Å²) in [4.78, 5) is 0. The first-order valence-corrected chi connectivity index (χ1v) is 10.1. The largest absolute Gasteiger partial charge is 0.0770 e. The van der Waals surface area contributed by atoms with E-state index in [1.54, 1.807) is 11.1 Å². The predicted molar refractivity (Wildman–Crippen MR) is 103 cm³/mol. The molecule has 128 valence electrons. The van der Waals surface area contributed by atoms with Crippen LogP contribution in [-0.4, -0.2) is 0 Å². The average Bonchev–Trinajstić information content (AvgIpc) is 3.21. The van der Waals surface area contributed by atoms with Crippen LogP contribution in [0.15, 0.2) is 47.6 Å². The second-order valence-electron chi connectivity index (χ2n) is 7.32. The van der Waals surface area contributed by atoms with Gasteiger partial charge in [0.15, 0.2) is 0 Å². The van der Waals surface area contributed by atoms with Crippen LogP contribution >= 0.6 is 0 Å². The van der Waals surface area contributed by atoms with Gasteiger partial charge in [0, 0.05) is 11.8 Å². The normalized spacial score (nSPS) is 24.1. The van der Waals surface area contributed by atoms with E-state index < -0.39 is 0 Å². The molecular formula is C23H36. The Hall–Kier alpha value is -1.04. The fourth-order valence-corrected chi connectivity index (χ4v) is 4.19. The Balaban J connectivity index is 2.10. The van der Waals surface area contributed by atoms with Crippen LogP contribution in [0.4, 0.5) is 0 Å². The SMILES string of the molecule is CCCCC1=CC=CC1C(CCCC)C1C=CC=C1CCCC. The lowest BCUT2D eigenvalue weighted by atomic mass is 9.72. The van der Waals surface area contributed by atoms with E-state index in [1.165, 1.54) is 57.8 Å². The van der Waals surface area contributed by atoms with E-state index in [0.29, 0.717) is 11.8 Å². The number of unbranched alkanes of at least 4 members (excludes halogenated alkanes) is 3. The highest BCUT2D eigenvalue weighted by Gasteiger charge is 2.32. The number of hydrogen-bond acceptors (Lipinski definition) is 0. The van der Waals surface area contributed by atoms with Crippen LogP contribution in [0.3, 0.4) is 0 Å². The lowest BCUT2D eigenvalue weighted by Gasteiger charge is -2.32. The van der Waals surface area contributed by atoms with Crippen LogP contribution in [0.1, 0.15) is 78.6 Å². The summed E-state index contributed by atoms with van der Waals surface area (Å²) in [6.07, 6.45) is 26.4. The Morgan fingerprint density at radius 1 is 0.739 bits per heavy atom. The molecule has 0 radical (unpaired) electrons. The monoisotopic (exact) mass is 312 g/mol. The van der Waals surface area contributed by atoms with Crippen LogP contribution < -0.4 is 0 Å². The van der Waals surface area contributed by atoms with Crippen LogP contribution in [0, 0.1) is 17.8 Å². The molecule has 2 rings (SSSR count). The Kier molecular flexibility index (Phi) is 7.92. The van der Waals surface area contributed by atoms with Crippen LogP contribution in [-0.2, 0) is 0 Å². The Morgan fingerprint density at radius 3 is 1.65 bits per heavy atom. The van der Waals surface area contributed by atoms with Crippen LogP contribution in [0.25, 0.3) is 0 Å². The zero-order valence-electron chi connectivity index (χ0n) is 15.6. The second kappa shape index (κ2) is 9.96. The maximum absolute atomic E-state index is 2.49. The smallest absolute Gasteiger partial charge is 0.00200 e. The number of allylic oxidation sites excluding steroid dienone is 8. The summed E-state index contributed by atoms with van der Waals surface area (Å²) in [5, 5.41) is 0. The van der Waals surface area contributed by atoms with E-state index in [2.05, 4.69) is 57.2 Å². The number of hydrogen-bond donors (Lipinski definition) is 0. The molecule has 0 heteroatoms. The molecule has 0 saturated carbocycles. The van der Waals surface area contributed by atoms with Gasteiger partial charge in [0.2, 0.25) is 0 Å². The Bertz CT molecular complexity index is 420. The molecule has 2 aliphatic carbocycles. The second-order valence-corrected chi connectivity index (χ2v) is 7.32. The third kappa shape index (κ3) is 4.96. The van der Waals surface area contributed by atoms with Gasteiger partial charge in [-0.2, -0.15) is 0 Å². The van der Waals surface area contributed by atoms with Crippen LogP contribution in [0.2, 0.25) is 0 Å². The van der Waals surface area contributed by atoms with Crippen molar-refractivity contribution < 1.29 is 0 Å². The molecule has 0 amide bonds. The average molecular weight is 313 g/mol. The highest BCUT2D eigenvalue weighted by molar-refractivity contribution is 5.34. The van der Waals surface area contributed by atoms with E-state index >= 15 is 0 Å². The number of rotatable bonds is 11. The topological polar surface area (TPSA) is 0 Å². The van der Waals surface area contributed by atoms with Gasteiger partial charge in [0.1, 0.15) is 0 Å². The summed E-state index contributed by atoms with van der Waals surface area (Å²) in [5.41, 5.74) is 3.39. The molecule has 23 heavy (non-hydrogen) atoms. The van der Waals surface area contributed by atoms with Gasteiger partial charge in [-0.25, -0.2) is 0 Å². The van der Waals surface area contributed by atoms with Gasteiger partial charge in [-0.15, -0.1) is 0 Å². The molecule has 2 aliphatic rings. The minimum absolute atomic E-state index is 0.686. The van der Waals surface area contributed by atoms with Crippen molar-refractivity contribution in [2.45, 2.75) is 78.6 Å². The molecule has 0 saturated heterocycles. The maximum Gasteiger partial charge on any atom is 0.00200 e. The lowest BCUT2D eigenvalue weighted by molar-refractivity contribution is 0.327. The predicted octanol–water partition coefficient (Wildman–Crippen LogP) is 7.40. The van der Waals surface area contributed by atoms with Crippen molar-refractivity contribution in [1.29, 1.82) is 0 Å². The Morgan fingerprint density at radius 2 is 1.22 bits per heavy atom. The maximum atomic E-state index is 2.49. The van der Waals surface area contributed by atoms with Crippen molar-refractivity contribution in [3.05, 3.63) is 47.6 Å². The van der Waals surface area contributed by atoms with Crippen molar-refractivity contribution in [3.8, 4) is 0 Å². The molecule has 0 aliphatic heterocycles. The van der Waals surface area contributed by atoms with E-state index in [4.69, 9.17) is 0 Å². The first-order valence-electron chi connectivity index (χ1n) is 10.1. The molecule has 0 nitrogen and oxygen atoms in total. The fraction of sp³-hybridized carbons (Fsp3) is 0.652. The highest BCUT2D eigenvalue weighted by Crippen LogP contribution is 2.43. The third-order valence-corrected chi connectivity index (χ3v) is 5.57. The lowest BCUT2D eigenvalue weighted by Crippen LogP contribution is -2.23. The molecule has 0 heterocycles. The quantitative estimate of drug-likeness (QED) is 0.373. The fourth-order valence-electron chi connectivity index (χ4n) is 4.19. The van der Waals surface area contributed by atoms with Crippen molar-refractivity contribution in [2.24, 2.45) is 17.8 Å². The van der Waals surface area contributed by atoms with Crippen molar-refractivity contribution >= 4 is 0 Å². The molecule has 0 spiro atoms. The molecule has 0 aromatic rings. The highest BCUT2D eigenvalue weighted by atomic mass is 14.4. The first-order chi connectivity index (χ1) is 11.3. The molecule has 0 N–H and O–H groups in total. The molecule has 2 atom stereocenters. The van der Waals surface area contributed by atoms with Crippen molar-refractivity contribution in [3.63, 3.8) is 0 Å². The standard InChI is InChI=1S/C23H36/c1-4-7-12-19-14-10-17-21(19)23(16-9-6-3)22-18-11-15-20(22)13-8-5-2/h10-11,14-15,17-18,21-23H,4-9,12-13,16H2,1-3H3. The van der Waals surface area contributed by atoms with Gasteiger partial charge in [-0.3, -0.25) is 0 Å². The Labute approximate surface area is 144 Å². The molecule has 0 fully saturated rings. The zero-order chi connectivity index (χ0) is 16.5. The van der Waals surface area contributed by atoms with Crippen molar-refractivity contribution in [1.82, 2.24) is 0 Å². The summed E-state index contributed by atoms with van der Waals surface area (Å²) < 4.78 is 0. The molecule has 0 bridgehead atoms. The minimum Gasteiger partial charge on any atom is -0.0770 e. The minimum atomic E-state index is 0.686. The van der Waals surface area contributed by atoms with Crippen molar-refractivity contribution in [2.75, 3.05) is 0 Å². The van der Waals surface area contributed by atoms with E-state index in [0.717, 1.165) is 5.92 Å². The van der Waals surface area contributed by atoms with Gasteiger partial charge in [0.25, 0.3) is 0 Å². The summed E-state index contributed by atoms with van der Waals surface area (Å²) in [6.45, 7) is 6.93. The van der Waals surface area contributed by atoms with E-state index in [1.807, 2.05) is 0 Å². The molecule has 0 aromatic heterocycles.